The minimum absolute atomic E-state index is 0.482. The van der Waals surface area contributed by atoms with Crippen LogP contribution in [0.3, 0.4) is 0 Å². The maximum absolute atomic E-state index is 2.60. The molecule has 0 bridgehead atoms. The van der Waals surface area contributed by atoms with E-state index < -0.39 is 7.53 Å². The van der Waals surface area contributed by atoms with E-state index in [1.807, 2.05) is 0 Å². The molecule has 0 aliphatic heterocycles. The monoisotopic (exact) mass is 568 g/mol. The highest BCUT2D eigenvalue weighted by Gasteiger charge is 2.17. The molecule has 0 aliphatic rings. The van der Waals surface area contributed by atoms with Gasteiger partial charge in [0.15, 0.2) is 0 Å². The summed E-state index contributed by atoms with van der Waals surface area (Å²) in [6.07, 6.45) is 24.7. The third-order valence-corrected chi connectivity index (χ3v) is 11.8. The Morgan fingerprint density at radius 1 is 0.463 bits per heavy atom. The molecule has 0 N–H and O–H groups in total. The second-order valence-corrected chi connectivity index (χ2v) is 14.9. The maximum atomic E-state index is 2.60. The smallest absolute Gasteiger partial charge is 0.00711 e. The van der Waals surface area contributed by atoms with E-state index in [9.17, 15) is 0 Å². The van der Waals surface area contributed by atoms with Crippen molar-refractivity contribution < 1.29 is 0 Å². The van der Waals surface area contributed by atoms with Crippen molar-refractivity contribution in [1.29, 1.82) is 0 Å². The van der Waals surface area contributed by atoms with Crippen LogP contribution < -0.4 is 0 Å². The molecule has 0 fully saturated rings. The Kier molecular flexibility index (Phi) is 13.4. The largest absolute Gasteiger partial charge is 0.0772 e. The second-order valence-electron chi connectivity index (χ2n) is 12.7. The van der Waals surface area contributed by atoms with Crippen molar-refractivity contribution in [3.8, 4) is 5.30 Å². The zero-order chi connectivity index (χ0) is 28.9. The van der Waals surface area contributed by atoms with Crippen molar-refractivity contribution in [2.45, 2.75) is 143 Å². The van der Waals surface area contributed by atoms with Crippen LogP contribution in [0.5, 0.6) is 0 Å². The van der Waals surface area contributed by atoms with Crippen LogP contribution in [-0.4, -0.2) is 0 Å². The third-order valence-electron chi connectivity index (χ3n) is 9.29. The summed E-state index contributed by atoms with van der Waals surface area (Å²) in [4.78, 5) is 0. The molecular weight excluding hydrogens is 511 g/mol. The van der Waals surface area contributed by atoms with Gasteiger partial charge < -0.3 is 0 Å². The first-order valence-corrected chi connectivity index (χ1v) is 18.6. The summed E-state index contributed by atoms with van der Waals surface area (Å²) < 4.78 is 0. The molecule has 222 valence electrons. The van der Waals surface area contributed by atoms with Gasteiger partial charge in [0, 0.05) is 10.2 Å². The van der Waals surface area contributed by atoms with Gasteiger partial charge in [-0.15, -0.1) is 0 Å². The first kappa shape index (κ1) is 31.9. The lowest BCUT2D eigenvalue weighted by Gasteiger charge is -2.09. The molecule has 0 saturated carbocycles. The van der Waals surface area contributed by atoms with Crippen LogP contribution in [-0.2, 0) is 12.8 Å². The average molecular weight is 569 g/mol. The number of fused-ring (bicyclic) bond motifs is 3. The molecule has 1 heteroatoms. The molecule has 1 heterocycles. The predicted molar refractivity (Wildman–Crippen MR) is 188 cm³/mol. The molecular formula is C40H57P. The molecule has 0 nitrogen and oxygen atoms in total. The summed E-state index contributed by atoms with van der Waals surface area (Å²) in [7, 11) is -0.482. The van der Waals surface area contributed by atoms with E-state index in [-0.39, 0.29) is 0 Å². The van der Waals surface area contributed by atoms with Crippen molar-refractivity contribution in [1.82, 2.24) is 0 Å². The van der Waals surface area contributed by atoms with E-state index in [1.165, 1.54) is 143 Å². The Morgan fingerprint density at radius 2 is 0.854 bits per heavy atom. The maximum Gasteiger partial charge on any atom is 0.00711 e. The second kappa shape index (κ2) is 17.2. The molecule has 0 amide bonds. The van der Waals surface area contributed by atoms with Crippen molar-refractivity contribution >= 4 is 28.5 Å². The molecule has 0 spiro atoms. The summed E-state index contributed by atoms with van der Waals surface area (Å²) in [6.45, 7) is 9.33. The van der Waals surface area contributed by atoms with Gasteiger partial charge >= 0.3 is 0 Å². The minimum Gasteiger partial charge on any atom is -0.0772 e. The lowest BCUT2D eigenvalue weighted by molar-refractivity contribution is 0.575. The van der Waals surface area contributed by atoms with Crippen LogP contribution in [0.15, 0.2) is 54.6 Å². The van der Waals surface area contributed by atoms with Crippen LogP contribution in [0.4, 0.5) is 0 Å². The predicted octanol–water partition coefficient (Wildman–Crippen LogP) is 14.0. The summed E-state index contributed by atoms with van der Waals surface area (Å²) in [6, 6.07) is 21.7. The van der Waals surface area contributed by atoms with Crippen molar-refractivity contribution in [3.05, 3.63) is 76.9 Å². The van der Waals surface area contributed by atoms with Crippen LogP contribution in [0, 0.1) is 13.8 Å². The SMILES string of the molecule is CCCCCCCCCCc1cc2c3cc(CCCCCCCCCC)c(C)cc3p(-c3ccccc3)c2cc1C. The average Bonchev–Trinajstić information content (AvgIpc) is 3.27. The Hall–Kier alpha value is -2.04. The van der Waals surface area contributed by atoms with Crippen molar-refractivity contribution in [2.75, 3.05) is 0 Å². The van der Waals surface area contributed by atoms with Crippen LogP contribution in [0.25, 0.3) is 26.3 Å². The summed E-state index contributed by atoms with van der Waals surface area (Å²) in [5.41, 5.74) is 6.16. The zero-order valence-electron chi connectivity index (χ0n) is 26.9. The van der Waals surface area contributed by atoms with Gasteiger partial charge in [-0.2, -0.15) is 0 Å². The summed E-state index contributed by atoms with van der Waals surface area (Å²) in [5.74, 6) is 0. The Bertz CT molecular complexity index is 1240. The van der Waals surface area contributed by atoms with Crippen LogP contribution in [0.1, 0.15) is 139 Å². The highest BCUT2D eigenvalue weighted by molar-refractivity contribution is 7.67. The van der Waals surface area contributed by atoms with Gasteiger partial charge in [0.1, 0.15) is 0 Å². The summed E-state index contributed by atoms with van der Waals surface area (Å²) in [5, 5.41) is 7.73. The first-order chi connectivity index (χ1) is 20.1. The van der Waals surface area contributed by atoms with Gasteiger partial charge in [0.25, 0.3) is 0 Å². The van der Waals surface area contributed by atoms with Crippen LogP contribution in [0.2, 0.25) is 0 Å². The highest BCUT2D eigenvalue weighted by atomic mass is 31.1. The number of hydrogen-bond acceptors (Lipinski definition) is 0. The van der Waals surface area contributed by atoms with E-state index >= 15 is 0 Å². The fourth-order valence-corrected chi connectivity index (χ4v) is 9.48. The molecule has 41 heavy (non-hydrogen) atoms. The third kappa shape index (κ3) is 8.97. The van der Waals surface area contributed by atoms with Crippen LogP contribution >= 0.6 is 7.53 Å². The van der Waals surface area contributed by atoms with E-state index in [4.69, 9.17) is 0 Å². The molecule has 0 atom stereocenters. The van der Waals surface area contributed by atoms with E-state index in [0.717, 1.165) is 0 Å². The topological polar surface area (TPSA) is 0 Å². The molecule has 0 radical (unpaired) electrons. The number of rotatable bonds is 19. The number of unbranched alkanes of at least 4 members (excludes halogenated alkanes) is 14. The number of hydrogen-bond donors (Lipinski definition) is 0. The molecule has 0 saturated heterocycles. The Balaban J connectivity index is 1.54. The zero-order valence-corrected chi connectivity index (χ0v) is 27.8. The summed E-state index contributed by atoms with van der Waals surface area (Å²) >= 11 is 0. The number of aryl methyl sites for hydroxylation is 4. The minimum atomic E-state index is -0.482. The highest BCUT2D eigenvalue weighted by Crippen LogP contribution is 2.56. The first-order valence-electron chi connectivity index (χ1n) is 17.3. The van der Waals surface area contributed by atoms with E-state index in [2.05, 4.69) is 82.3 Å². The fourth-order valence-electron chi connectivity index (χ4n) is 6.70. The van der Waals surface area contributed by atoms with Gasteiger partial charge in [0.2, 0.25) is 0 Å². The van der Waals surface area contributed by atoms with Gasteiger partial charge in [0.05, 0.1) is 0 Å². The van der Waals surface area contributed by atoms with Gasteiger partial charge in [-0.25, -0.2) is 0 Å². The number of benzene rings is 3. The molecule has 0 aliphatic carbocycles. The Morgan fingerprint density at radius 3 is 1.27 bits per heavy atom. The van der Waals surface area contributed by atoms with E-state index in [1.54, 1.807) is 21.4 Å². The standard InChI is InChI=1S/C40H57P/c1-5-7-9-11-13-15-17-20-24-34-30-37-38-31-35(25-21-18-16-14-12-10-8-6-2)33(4)29-40(38)41(39(37)28-32(34)3)36-26-22-19-23-27-36/h19,22-23,26-31H,5-18,20-21,24-25H2,1-4H3. The van der Waals surface area contributed by atoms with E-state index in [0.29, 0.717) is 0 Å². The van der Waals surface area contributed by atoms with Gasteiger partial charge in [-0.05, 0) is 102 Å². The molecule has 0 unspecified atom stereocenters. The lowest BCUT2D eigenvalue weighted by atomic mass is 9.96. The van der Waals surface area contributed by atoms with Gasteiger partial charge in [-0.3, -0.25) is 0 Å². The molecule has 4 aromatic rings. The van der Waals surface area contributed by atoms with Crippen molar-refractivity contribution in [3.63, 3.8) is 0 Å². The normalized spacial score (nSPS) is 11.7. The van der Waals surface area contributed by atoms with Gasteiger partial charge in [-0.1, -0.05) is 142 Å². The molecule has 1 aromatic heterocycles. The molecule has 3 aromatic carbocycles. The lowest BCUT2D eigenvalue weighted by Crippen LogP contribution is -1.92. The fraction of sp³-hybridized carbons (Fsp3) is 0.550. The van der Waals surface area contributed by atoms with Crippen molar-refractivity contribution in [2.24, 2.45) is 0 Å². The Labute approximate surface area is 253 Å². The molecule has 4 rings (SSSR count). The quantitative estimate of drug-likeness (QED) is 0.0987.